The molecule has 11 nitrogen and oxygen atoms in total. The molecule has 3 rings (SSSR count). The first-order valence-electron chi connectivity index (χ1n) is 10.9. The van der Waals surface area contributed by atoms with Crippen LogP contribution >= 0.6 is 11.5 Å². The molecule has 2 aromatic carbocycles. The number of hydrogen-bond donors (Lipinski definition) is 3. The highest BCUT2D eigenvalue weighted by atomic mass is 32.1. The second-order valence-electron chi connectivity index (χ2n) is 7.59. The number of benzene rings is 2. The Kier molecular flexibility index (Phi) is 8.98. The molecule has 3 amide bonds. The van der Waals surface area contributed by atoms with E-state index in [4.69, 9.17) is 25.7 Å². The predicted molar refractivity (Wildman–Crippen MR) is 135 cm³/mol. The van der Waals surface area contributed by atoms with E-state index in [0.717, 1.165) is 4.90 Å². The Morgan fingerprint density at radius 1 is 1.11 bits per heavy atom. The lowest BCUT2D eigenvalue weighted by Crippen LogP contribution is -2.45. The predicted octanol–water partition coefficient (Wildman–Crippen LogP) is 2.13. The summed E-state index contributed by atoms with van der Waals surface area (Å²) >= 11 is 0.661. The number of amides is 3. The van der Waals surface area contributed by atoms with Crippen LogP contribution in [0, 0.1) is 5.82 Å². The molecular weight excluding hydrogens is 505 g/mol. The maximum atomic E-state index is 14.0. The molecule has 0 bridgehead atoms. The molecule has 0 radical (unpaired) electrons. The molecule has 1 heterocycles. The van der Waals surface area contributed by atoms with Crippen LogP contribution in [0.15, 0.2) is 42.5 Å². The number of ether oxygens (including phenoxy) is 3. The van der Waals surface area contributed by atoms with Crippen molar-refractivity contribution in [2.24, 2.45) is 5.73 Å². The maximum absolute atomic E-state index is 14.0. The second kappa shape index (κ2) is 12.1. The van der Waals surface area contributed by atoms with E-state index in [2.05, 4.69) is 9.69 Å². The van der Waals surface area contributed by atoms with Gasteiger partial charge in [-0.2, -0.15) is 4.37 Å². The summed E-state index contributed by atoms with van der Waals surface area (Å²) in [6.07, 6.45) is 0. The van der Waals surface area contributed by atoms with Crippen LogP contribution in [0.2, 0.25) is 0 Å². The molecule has 0 saturated heterocycles. The Morgan fingerprint density at radius 2 is 1.81 bits per heavy atom. The SMILES string of the molecule is COCCNC(=O)[C@H](c1ccc(F)cc1)N(C(=O)c1snc(C(N)=O)c1N)c1ccc(OC)cc1OC. The van der Waals surface area contributed by atoms with Crippen LogP contribution in [0.3, 0.4) is 0 Å². The number of carbonyl (C=O) groups excluding carboxylic acids is 3. The molecule has 5 N–H and O–H groups in total. The van der Waals surface area contributed by atoms with Crippen LogP contribution in [0.5, 0.6) is 11.5 Å². The van der Waals surface area contributed by atoms with Crippen LogP contribution in [0.25, 0.3) is 0 Å². The lowest BCUT2D eigenvalue weighted by Gasteiger charge is -2.32. The zero-order valence-corrected chi connectivity index (χ0v) is 21.1. The van der Waals surface area contributed by atoms with E-state index < -0.39 is 29.6 Å². The van der Waals surface area contributed by atoms with E-state index in [0.29, 0.717) is 22.8 Å². The van der Waals surface area contributed by atoms with Crippen molar-refractivity contribution in [2.75, 3.05) is 45.1 Å². The molecule has 0 saturated carbocycles. The van der Waals surface area contributed by atoms with Gasteiger partial charge in [0.1, 0.15) is 28.2 Å². The highest BCUT2D eigenvalue weighted by molar-refractivity contribution is 7.09. The average molecular weight is 532 g/mol. The molecule has 1 aromatic heterocycles. The fourth-order valence-corrected chi connectivity index (χ4v) is 4.27. The molecule has 0 unspecified atom stereocenters. The number of nitrogen functional groups attached to an aromatic ring is 1. The third kappa shape index (κ3) is 5.95. The number of halogens is 1. The molecule has 1 atom stereocenters. The largest absolute Gasteiger partial charge is 0.497 e. The van der Waals surface area contributed by atoms with Gasteiger partial charge in [0.15, 0.2) is 5.69 Å². The Hall–Kier alpha value is -4.23. The number of nitrogens with two attached hydrogens (primary N) is 2. The summed E-state index contributed by atoms with van der Waals surface area (Å²) in [5.74, 6) is -2.16. The Balaban J connectivity index is 2.25. The molecule has 196 valence electrons. The number of rotatable bonds is 11. The maximum Gasteiger partial charge on any atom is 0.273 e. The molecule has 37 heavy (non-hydrogen) atoms. The molecule has 0 aliphatic carbocycles. The van der Waals surface area contributed by atoms with Crippen molar-refractivity contribution in [3.63, 3.8) is 0 Å². The lowest BCUT2D eigenvalue weighted by molar-refractivity contribution is -0.122. The van der Waals surface area contributed by atoms with Crippen molar-refractivity contribution in [3.8, 4) is 11.5 Å². The third-order valence-corrected chi connectivity index (χ3v) is 6.17. The summed E-state index contributed by atoms with van der Waals surface area (Å²) in [6, 6.07) is 8.44. The van der Waals surface area contributed by atoms with Crippen molar-refractivity contribution < 1.29 is 33.0 Å². The minimum Gasteiger partial charge on any atom is -0.497 e. The van der Waals surface area contributed by atoms with E-state index in [-0.39, 0.29) is 40.8 Å². The molecule has 0 fully saturated rings. The van der Waals surface area contributed by atoms with Gasteiger partial charge in [-0.1, -0.05) is 12.1 Å². The van der Waals surface area contributed by atoms with Crippen LogP contribution in [0.4, 0.5) is 15.8 Å². The fourth-order valence-electron chi connectivity index (χ4n) is 3.52. The van der Waals surface area contributed by atoms with Gasteiger partial charge in [-0.3, -0.25) is 19.3 Å². The van der Waals surface area contributed by atoms with Gasteiger partial charge >= 0.3 is 0 Å². The minimum absolute atomic E-state index is 0.122. The van der Waals surface area contributed by atoms with E-state index in [9.17, 15) is 18.8 Å². The molecule has 3 aromatic rings. The van der Waals surface area contributed by atoms with Crippen molar-refractivity contribution in [1.29, 1.82) is 0 Å². The zero-order chi connectivity index (χ0) is 27.1. The number of primary amides is 1. The summed E-state index contributed by atoms with van der Waals surface area (Å²) in [6.45, 7) is 0.356. The number of carbonyl (C=O) groups is 3. The van der Waals surface area contributed by atoms with E-state index in [1.54, 1.807) is 6.07 Å². The molecule has 13 heteroatoms. The van der Waals surface area contributed by atoms with Crippen molar-refractivity contribution >= 4 is 40.6 Å². The van der Waals surface area contributed by atoms with E-state index >= 15 is 0 Å². The van der Waals surface area contributed by atoms with Crippen molar-refractivity contribution in [2.45, 2.75) is 6.04 Å². The number of nitrogens with zero attached hydrogens (tertiary/aromatic N) is 2. The van der Waals surface area contributed by atoms with Crippen LogP contribution in [0.1, 0.15) is 31.8 Å². The van der Waals surface area contributed by atoms with Gasteiger partial charge in [-0.15, -0.1) is 0 Å². The normalized spacial score (nSPS) is 11.5. The number of nitrogens with one attached hydrogen (secondary N) is 1. The first kappa shape index (κ1) is 27.4. The average Bonchev–Trinajstić information content (AvgIpc) is 3.28. The highest BCUT2D eigenvalue weighted by Crippen LogP contribution is 2.39. The van der Waals surface area contributed by atoms with Crippen LogP contribution in [-0.2, 0) is 9.53 Å². The topological polar surface area (TPSA) is 159 Å². The van der Waals surface area contributed by atoms with Gasteiger partial charge in [0.2, 0.25) is 5.91 Å². The number of aromatic nitrogens is 1. The fraction of sp³-hybridized carbons (Fsp3) is 0.250. The van der Waals surface area contributed by atoms with E-state index in [1.165, 1.54) is 57.7 Å². The monoisotopic (exact) mass is 531 g/mol. The number of methoxy groups -OCH3 is 3. The summed E-state index contributed by atoms with van der Waals surface area (Å²) in [4.78, 5) is 40.3. The highest BCUT2D eigenvalue weighted by Gasteiger charge is 2.37. The Labute approximate surface area is 216 Å². The van der Waals surface area contributed by atoms with Crippen molar-refractivity contribution in [1.82, 2.24) is 9.69 Å². The standard InChI is InChI=1S/C24H26FN5O6S/c1-34-11-10-28-23(32)20(13-4-6-14(25)7-5-13)30(16-9-8-15(35-2)12-17(16)36-3)24(33)21-18(26)19(22(27)31)29-37-21/h4-9,12,20H,10-11,26H2,1-3H3,(H2,27,31)(H,28,32)/t20-/m0/s1. The Morgan fingerprint density at radius 3 is 2.38 bits per heavy atom. The molecule has 0 spiro atoms. The quantitative estimate of drug-likeness (QED) is 0.317. The molecular formula is C24H26FN5O6S. The summed E-state index contributed by atoms with van der Waals surface area (Å²) in [5, 5.41) is 2.72. The summed E-state index contributed by atoms with van der Waals surface area (Å²) < 4.78 is 33.5. The van der Waals surface area contributed by atoms with Gasteiger partial charge in [0.25, 0.3) is 11.8 Å². The van der Waals surface area contributed by atoms with E-state index in [1.807, 2.05) is 0 Å². The summed E-state index contributed by atoms with van der Waals surface area (Å²) in [7, 11) is 4.33. The second-order valence-corrected chi connectivity index (χ2v) is 8.36. The van der Waals surface area contributed by atoms with Gasteiger partial charge in [-0.05, 0) is 41.4 Å². The number of hydrogen-bond acceptors (Lipinski definition) is 9. The van der Waals surface area contributed by atoms with Gasteiger partial charge in [-0.25, -0.2) is 4.39 Å². The smallest absolute Gasteiger partial charge is 0.273 e. The minimum atomic E-state index is -1.31. The third-order valence-electron chi connectivity index (χ3n) is 5.32. The lowest BCUT2D eigenvalue weighted by atomic mass is 10.0. The first-order chi connectivity index (χ1) is 17.7. The van der Waals surface area contributed by atoms with Crippen molar-refractivity contribution in [3.05, 3.63) is 64.4 Å². The zero-order valence-electron chi connectivity index (χ0n) is 20.3. The molecule has 0 aliphatic heterocycles. The van der Waals surface area contributed by atoms with Crippen LogP contribution < -0.4 is 31.2 Å². The number of anilines is 2. The Bertz CT molecular complexity index is 1280. The van der Waals surface area contributed by atoms with Crippen LogP contribution in [-0.4, -0.2) is 56.6 Å². The van der Waals surface area contributed by atoms with Gasteiger partial charge in [0.05, 0.1) is 32.2 Å². The molecule has 0 aliphatic rings. The first-order valence-corrected chi connectivity index (χ1v) is 11.6. The van der Waals surface area contributed by atoms with Gasteiger partial charge in [0, 0.05) is 19.7 Å². The van der Waals surface area contributed by atoms with Gasteiger partial charge < -0.3 is 31.0 Å². The summed E-state index contributed by atoms with van der Waals surface area (Å²) in [5.41, 5.74) is 11.4.